The Morgan fingerprint density at radius 3 is 2.30 bits per heavy atom. The molecule has 0 amide bonds. The number of nitrogens with two attached hydrogens (primary N) is 1. The van der Waals surface area contributed by atoms with Crippen molar-refractivity contribution in [2.75, 3.05) is 5.73 Å². The molecule has 7 heteroatoms. The number of hydrogen-bond acceptors (Lipinski definition) is 3. The third kappa shape index (κ3) is 3.08. The first kappa shape index (κ1) is 14.7. The highest BCUT2D eigenvalue weighted by molar-refractivity contribution is 7.90. The smallest absolute Gasteiger partial charge is 0.184 e. The Kier molecular flexibility index (Phi) is 3.96. The van der Waals surface area contributed by atoms with Gasteiger partial charge in [0.15, 0.2) is 9.84 Å². The van der Waals surface area contributed by atoms with E-state index >= 15 is 0 Å². The molecule has 0 fully saturated rings. The summed E-state index contributed by atoms with van der Waals surface area (Å²) in [6.45, 7) is 0. The van der Waals surface area contributed by atoms with Gasteiger partial charge in [0.2, 0.25) is 0 Å². The monoisotopic (exact) mass is 317 g/mol. The topological polar surface area (TPSA) is 60.2 Å². The van der Waals surface area contributed by atoms with Crippen molar-refractivity contribution in [1.82, 2.24) is 0 Å². The van der Waals surface area contributed by atoms with Gasteiger partial charge in [-0.1, -0.05) is 17.7 Å². The van der Waals surface area contributed by atoms with Crippen LogP contribution in [0.3, 0.4) is 0 Å². The predicted octanol–water partition coefficient (Wildman–Crippen LogP) is 3.17. The summed E-state index contributed by atoms with van der Waals surface area (Å²) in [5, 5.41) is -0.0106. The van der Waals surface area contributed by atoms with Crippen LogP contribution < -0.4 is 5.73 Å². The van der Waals surface area contributed by atoms with Crippen LogP contribution in [0.5, 0.6) is 0 Å². The molecule has 2 aromatic carbocycles. The first-order valence-electron chi connectivity index (χ1n) is 5.51. The number of nitrogen functional groups attached to an aromatic ring is 1. The van der Waals surface area contributed by atoms with Gasteiger partial charge < -0.3 is 5.73 Å². The lowest BCUT2D eigenvalue weighted by Gasteiger charge is -2.09. The van der Waals surface area contributed by atoms with E-state index in [0.717, 1.165) is 24.3 Å². The van der Waals surface area contributed by atoms with E-state index in [9.17, 15) is 17.2 Å². The molecule has 0 aliphatic heterocycles. The van der Waals surface area contributed by atoms with Crippen molar-refractivity contribution in [3.8, 4) is 0 Å². The van der Waals surface area contributed by atoms with Gasteiger partial charge in [0.25, 0.3) is 0 Å². The predicted molar refractivity (Wildman–Crippen MR) is 73.1 cm³/mol. The third-order valence-corrected chi connectivity index (χ3v) is 4.74. The fraction of sp³-hybridized carbons (Fsp3) is 0.0769. The lowest BCUT2D eigenvalue weighted by Crippen LogP contribution is -2.09. The minimum absolute atomic E-state index is 0.0106. The van der Waals surface area contributed by atoms with Crippen LogP contribution in [0.25, 0.3) is 0 Å². The first-order chi connectivity index (χ1) is 9.29. The van der Waals surface area contributed by atoms with Crippen molar-refractivity contribution < 1.29 is 17.2 Å². The second kappa shape index (κ2) is 5.38. The molecule has 20 heavy (non-hydrogen) atoms. The Bertz CT molecular complexity index is 763. The summed E-state index contributed by atoms with van der Waals surface area (Å²) in [6, 6.07) is 6.48. The van der Waals surface area contributed by atoms with Crippen molar-refractivity contribution >= 4 is 27.1 Å². The van der Waals surface area contributed by atoms with Crippen LogP contribution in [0.2, 0.25) is 5.02 Å². The van der Waals surface area contributed by atoms with Crippen molar-refractivity contribution in [1.29, 1.82) is 0 Å². The van der Waals surface area contributed by atoms with Gasteiger partial charge in [-0.15, -0.1) is 0 Å². The molecule has 0 spiro atoms. The molecule has 0 bridgehead atoms. The Labute approximate surface area is 119 Å². The summed E-state index contributed by atoms with van der Waals surface area (Å²) < 4.78 is 50.5. The van der Waals surface area contributed by atoms with Gasteiger partial charge in [-0.3, -0.25) is 0 Å². The standard InChI is InChI=1S/C13H10ClF2NO2S/c14-11-5-9(15)2-1-8(11)7-20(18,19)13-6-10(16)3-4-12(13)17/h1-6H,7,17H2. The van der Waals surface area contributed by atoms with E-state index in [4.69, 9.17) is 17.3 Å². The normalized spacial score (nSPS) is 11.6. The maximum Gasteiger partial charge on any atom is 0.184 e. The number of halogens is 3. The summed E-state index contributed by atoms with van der Waals surface area (Å²) in [5.74, 6) is -1.76. The Balaban J connectivity index is 2.43. The summed E-state index contributed by atoms with van der Waals surface area (Å²) in [5.41, 5.74) is 5.72. The van der Waals surface area contributed by atoms with Crippen LogP contribution in [0.15, 0.2) is 41.3 Å². The number of hydrogen-bond donors (Lipinski definition) is 1. The average Bonchev–Trinajstić information content (AvgIpc) is 2.35. The van der Waals surface area contributed by atoms with Crippen molar-refractivity contribution in [2.45, 2.75) is 10.6 Å². The molecule has 0 radical (unpaired) electrons. The number of anilines is 1. The minimum Gasteiger partial charge on any atom is -0.398 e. The zero-order valence-corrected chi connectivity index (χ0v) is 11.7. The molecule has 0 saturated heterocycles. The van der Waals surface area contributed by atoms with Crippen LogP contribution in [0, 0.1) is 11.6 Å². The van der Waals surface area contributed by atoms with Crippen LogP contribution in [0.4, 0.5) is 14.5 Å². The van der Waals surface area contributed by atoms with E-state index in [0.29, 0.717) is 0 Å². The number of benzene rings is 2. The maximum atomic E-state index is 13.2. The molecule has 0 atom stereocenters. The average molecular weight is 318 g/mol. The first-order valence-corrected chi connectivity index (χ1v) is 7.54. The van der Waals surface area contributed by atoms with Crippen LogP contribution in [-0.4, -0.2) is 8.42 Å². The molecule has 2 N–H and O–H groups in total. The van der Waals surface area contributed by atoms with Crippen LogP contribution in [-0.2, 0) is 15.6 Å². The van der Waals surface area contributed by atoms with Crippen molar-refractivity contribution in [3.63, 3.8) is 0 Å². The molecule has 0 heterocycles. The molecule has 0 aliphatic carbocycles. The molecular weight excluding hydrogens is 308 g/mol. The fourth-order valence-electron chi connectivity index (χ4n) is 1.70. The van der Waals surface area contributed by atoms with Gasteiger partial charge in [0.1, 0.15) is 11.6 Å². The molecule has 106 valence electrons. The van der Waals surface area contributed by atoms with Gasteiger partial charge >= 0.3 is 0 Å². The zero-order chi connectivity index (χ0) is 14.9. The summed E-state index contributed by atoms with van der Waals surface area (Å²) in [7, 11) is -3.87. The molecule has 2 aromatic rings. The van der Waals surface area contributed by atoms with Gasteiger partial charge in [0.05, 0.1) is 16.3 Å². The van der Waals surface area contributed by atoms with Crippen LogP contribution >= 0.6 is 11.6 Å². The highest BCUT2D eigenvalue weighted by Gasteiger charge is 2.20. The second-order valence-electron chi connectivity index (χ2n) is 4.18. The van der Waals surface area contributed by atoms with Gasteiger partial charge in [-0.05, 0) is 35.9 Å². The van der Waals surface area contributed by atoms with E-state index < -0.39 is 27.2 Å². The van der Waals surface area contributed by atoms with Gasteiger partial charge in [-0.25, -0.2) is 17.2 Å². The lowest BCUT2D eigenvalue weighted by molar-refractivity contribution is 0.590. The quantitative estimate of drug-likeness (QED) is 0.884. The Morgan fingerprint density at radius 1 is 1.05 bits per heavy atom. The van der Waals surface area contributed by atoms with E-state index in [1.807, 2.05) is 0 Å². The molecule has 0 unspecified atom stereocenters. The van der Waals surface area contributed by atoms with E-state index in [1.165, 1.54) is 12.1 Å². The summed E-state index contributed by atoms with van der Waals surface area (Å²) in [6.07, 6.45) is 0. The molecule has 2 rings (SSSR count). The lowest BCUT2D eigenvalue weighted by atomic mass is 10.2. The number of rotatable bonds is 3. The maximum absolute atomic E-state index is 13.2. The zero-order valence-electron chi connectivity index (χ0n) is 10.1. The summed E-state index contributed by atoms with van der Waals surface area (Å²) in [4.78, 5) is -0.308. The summed E-state index contributed by atoms with van der Waals surface area (Å²) >= 11 is 5.78. The molecule has 0 saturated carbocycles. The Morgan fingerprint density at radius 2 is 1.65 bits per heavy atom. The van der Waals surface area contributed by atoms with Crippen molar-refractivity contribution in [2.24, 2.45) is 0 Å². The van der Waals surface area contributed by atoms with Gasteiger partial charge in [0, 0.05) is 5.02 Å². The Hall–Kier alpha value is -1.66. The second-order valence-corrected chi connectivity index (χ2v) is 6.54. The highest BCUT2D eigenvalue weighted by Crippen LogP contribution is 2.26. The SMILES string of the molecule is Nc1ccc(F)cc1S(=O)(=O)Cc1ccc(F)cc1Cl. The molecule has 0 aromatic heterocycles. The molecule has 3 nitrogen and oxygen atoms in total. The van der Waals surface area contributed by atoms with Crippen LogP contribution in [0.1, 0.15) is 5.56 Å². The fourth-order valence-corrected chi connectivity index (χ4v) is 3.55. The van der Waals surface area contributed by atoms with E-state index in [1.54, 1.807) is 0 Å². The third-order valence-electron chi connectivity index (χ3n) is 2.67. The minimum atomic E-state index is -3.87. The molecular formula is C13H10ClF2NO2S. The highest BCUT2D eigenvalue weighted by atomic mass is 35.5. The molecule has 0 aliphatic rings. The number of sulfone groups is 1. The van der Waals surface area contributed by atoms with E-state index in [2.05, 4.69) is 0 Å². The van der Waals surface area contributed by atoms with Gasteiger partial charge in [-0.2, -0.15) is 0 Å². The largest absolute Gasteiger partial charge is 0.398 e. The van der Waals surface area contributed by atoms with E-state index in [-0.39, 0.29) is 21.2 Å². The van der Waals surface area contributed by atoms with Crippen molar-refractivity contribution in [3.05, 3.63) is 58.6 Å².